The number of rotatable bonds is 3. The molecule has 0 bridgehead atoms. The third kappa shape index (κ3) is 3.45. The summed E-state index contributed by atoms with van der Waals surface area (Å²) >= 11 is 0. The van der Waals surface area contributed by atoms with Crippen LogP contribution >= 0.6 is 0 Å². The summed E-state index contributed by atoms with van der Waals surface area (Å²) in [4.78, 5) is 27.3. The van der Waals surface area contributed by atoms with Crippen molar-refractivity contribution < 1.29 is 4.79 Å². The number of likely N-dealkylation sites (tertiary alicyclic amines) is 1. The van der Waals surface area contributed by atoms with Crippen LogP contribution in [0.1, 0.15) is 40.5 Å². The van der Waals surface area contributed by atoms with Crippen LogP contribution in [0.3, 0.4) is 0 Å². The van der Waals surface area contributed by atoms with E-state index in [0.717, 1.165) is 38.2 Å². The average Bonchev–Trinajstić information content (AvgIpc) is 3.19. The lowest BCUT2D eigenvalue weighted by atomic mass is 9.81. The van der Waals surface area contributed by atoms with Gasteiger partial charge in [-0.05, 0) is 43.4 Å². The van der Waals surface area contributed by atoms with Crippen molar-refractivity contribution in [2.75, 3.05) is 19.6 Å². The molecule has 0 saturated carbocycles. The zero-order valence-corrected chi connectivity index (χ0v) is 14.9. The topological polar surface area (TPSA) is 83.0 Å². The van der Waals surface area contributed by atoms with Gasteiger partial charge in [-0.25, -0.2) is 4.98 Å². The molecular formula is C19H24N6O. The van der Waals surface area contributed by atoms with Gasteiger partial charge in [-0.3, -0.25) is 25.6 Å². The zero-order chi connectivity index (χ0) is 17.9. The second-order valence-corrected chi connectivity index (χ2v) is 7.13. The number of carbonyl (C=O) groups excluding carboxylic acids is 1. The largest absolute Gasteiger partial charge is 0.337 e. The molecule has 0 aliphatic carbocycles. The minimum absolute atomic E-state index is 0.0198. The van der Waals surface area contributed by atoms with E-state index in [9.17, 15) is 4.79 Å². The summed E-state index contributed by atoms with van der Waals surface area (Å²) in [6.07, 6.45) is 9.04. The normalized spacial score (nSPS) is 26.0. The second-order valence-electron chi connectivity index (χ2n) is 7.13. The number of amides is 1. The maximum Gasteiger partial charge on any atom is 0.274 e. The SMILES string of the molecule is Cc1cnc(C(=O)N2CCCC(C3NNCC3c3ccncc3)C2)cn1. The van der Waals surface area contributed by atoms with Crippen molar-refractivity contribution in [1.29, 1.82) is 0 Å². The van der Waals surface area contributed by atoms with Gasteiger partial charge in [-0.2, -0.15) is 0 Å². The first kappa shape index (κ1) is 17.1. The summed E-state index contributed by atoms with van der Waals surface area (Å²) in [5.74, 6) is 0.769. The highest BCUT2D eigenvalue weighted by Gasteiger charge is 2.37. The molecule has 7 heteroatoms. The van der Waals surface area contributed by atoms with Gasteiger partial charge < -0.3 is 4.90 Å². The van der Waals surface area contributed by atoms with Gasteiger partial charge in [-0.15, -0.1) is 0 Å². The number of piperidine rings is 1. The highest BCUT2D eigenvalue weighted by atomic mass is 16.2. The molecule has 7 nitrogen and oxygen atoms in total. The van der Waals surface area contributed by atoms with E-state index in [1.165, 1.54) is 5.56 Å². The molecule has 3 atom stereocenters. The van der Waals surface area contributed by atoms with Crippen LogP contribution in [-0.2, 0) is 0 Å². The van der Waals surface area contributed by atoms with Crippen LogP contribution < -0.4 is 10.9 Å². The Kier molecular flexibility index (Phi) is 4.90. The second kappa shape index (κ2) is 7.47. The van der Waals surface area contributed by atoms with Crippen molar-refractivity contribution in [3.63, 3.8) is 0 Å². The molecule has 3 unspecified atom stereocenters. The molecule has 2 aromatic heterocycles. The first-order valence-electron chi connectivity index (χ1n) is 9.18. The van der Waals surface area contributed by atoms with Gasteiger partial charge in [0.25, 0.3) is 5.91 Å². The molecule has 136 valence electrons. The van der Waals surface area contributed by atoms with Crippen LogP contribution in [0.2, 0.25) is 0 Å². The molecule has 2 aromatic rings. The van der Waals surface area contributed by atoms with E-state index >= 15 is 0 Å². The highest BCUT2D eigenvalue weighted by molar-refractivity contribution is 5.92. The Morgan fingerprint density at radius 1 is 1.23 bits per heavy atom. The number of aryl methyl sites for hydroxylation is 1. The molecule has 4 rings (SSSR count). The van der Waals surface area contributed by atoms with Crippen LogP contribution in [0.25, 0.3) is 0 Å². The molecule has 26 heavy (non-hydrogen) atoms. The monoisotopic (exact) mass is 352 g/mol. The summed E-state index contributed by atoms with van der Waals surface area (Å²) in [7, 11) is 0. The van der Waals surface area contributed by atoms with Gasteiger partial charge in [0, 0.05) is 50.2 Å². The van der Waals surface area contributed by atoms with E-state index in [1.54, 1.807) is 12.4 Å². The molecule has 0 radical (unpaired) electrons. The Morgan fingerprint density at radius 3 is 2.85 bits per heavy atom. The standard InChI is InChI=1S/C19H24N6O/c1-13-9-22-17(11-21-13)19(26)25-8-2-3-15(12-25)18-16(10-23-24-18)14-4-6-20-7-5-14/h4-7,9,11,15-16,18,23-24H,2-3,8,10,12H2,1H3. The van der Waals surface area contributed by atoms with Gasteiger partial charge in [0.15, 0.2) is 0 Å². The highest BCUT2D eigenvalue weighted by Crippen LogP contribution is 2.31. The van der Waals surface area contributed by atoms with Crippen molar-refractivity contribution in [2.45, 2.75) is 31.7 Å². The number of aromatic nitrogens is 3. The zero-order valence-electron chi connectivity index (χ0n) is 14.9. The molecular weight excluding hydrogens is 328 g/mol. The molecule has 0 aromatic carbocycles. The minimum atomic E-state index is -0.0198. The quantitative estimate of drug-likeness (QED) is 0.866. The maximum atomic E-state index is 12.8. The fourth-order valence-corrected chi connectivity index (χ4v) is 4.05. The Balaban J connectivity index is 1.48. The number of hydrogen-bond donors (Lipinski definition) is 2. The molecule has 2 saturated heterocycles. The van der Waals surface area contributed by atoms with Crippen molar-refractivity contribution >= 4 is 5.91 Å². The number of nitrogens with zero attached hydrogens (tertiary/aromatic N) is 4. The molecule has 2 fully saturated rings. The lowest BCUT2D eigenvalue weighted by Crippen LogP contribution is -2.48. The summed E-state index contributed by atoms with van der Waals surface area (Å²) in [6.45, 7) is 4.29. The van der Waals surface area contributed by atoms with E-state index < -0.39 is 0 Å². The van der Waals surface area contributed by atoms with Crippen LogP contribution in [0.5, 0.6) is 0 Å². The lowest BCUT2D eigenvalue weighted by Gasteiger charge is -2.37. The number of nitrogens with one attached hydrogen (secondary N) is 2. The third-order valence-electron chi connectivity index (χ3n) is 5.41. The number of hydrazine groups is 1. The van der Waals surface area contributed by atoms with E-state index in [-0.39, 0.29) is 5.91 Å². The maximum absolute atomic E-state index is 12.8. The molecule has 2 aliphatic rings. The Bertz CT molecular complexity index is 750. The molecule has 2 N–H and O–H groups in total. The first-order chi connectivity index (χ1) is 12.7. The van der Waals surface area contributed by atoms with Crippen LogP contribution in [0.15, 0.2) is 36.9 Å². The summed E-state index contributed by atoms with van der Waals surface area (Å²) < 4.78 is 0. The molecule has 0 spiro atoms. The van der Waals surface area contributed by atoms with Gasteiger partial charge in [0.1, 0.15) is 5.69 Å². The Labute approximate surface area is 153 Å². The average molecular weight is 352 g/mol. The van der Waals surface area contributed by atoms with Gasteiger partial charge in [0.2, 0.25) is 0 Å². The van der Waals surface area contributed by atoms with Crippen LogP contribution in [0.4, 0.5) is 0 Å². The van der Waals surface area contributed by atoms with E-state index in [2.05, 4.69) is 37.9 Å². The van der Waals surface area contributed by atoms with Gasteiger partial charge >= 0.3 is 0 Å². The summed E-state index contributed by atoms with van der Waals surface area (Å²) in [5, 5.41) is 0. The van der Waals surface area contributed by atoms with Crippen LogP contribution in [-0.4, -0.2) is 51.4 Å². The van der Waals surface area contributed by atoms with Gasteiger partial charge in [0.05, 0.1) is 11.9 Å². The summed E-state index contributed by atoms with van der Waals surface area (Å²) in [5.41, 5.74) is 9.29. The first-order valence-corrected chi connectivity index (χ1v) is 9.18. The fourth-order valence-electron chi connectivity index (χ4n) is 4.05. The predicted molar refractivity (Wildman–Crippen MR) is 97.3 cm³/mol. The van der Waals surface area contributed by atoms with Crippen LogP contribution in [0, 0.1) is 12.8 Å². The van der Waals surface area contributed by atoms with Crippen molar-refractivity contribution in [1.82, 2.24) is 30.7 Å². The van der Waals surface area contributed by atoms with E-state index in [0.29, 0.717) is 23.6 Å². The number of hydrogen-bond acceptors (Lipinski definition) is 6. The smallest absolute Gasteiger partial charge is 0.274 e. The van der Waals surface area contributed by atoms with Gasteiger partial charge in [-0.1, -0.05) is 0 Å². The Hall–Kier alpha value is -2.38. The number of carbonyl (C=O) groups is 1. The summed E-state index contributed by atoms with van der Waals surface area (Å²) in [6, 6.07) is 4.47. The van der Waals surface area contributed by atoms with E-state index in [4.69, 9.17) is 0 Å². The lowest BCUT2D eigenvalue weighted by molar-refractivity contribution is 0.0638. The Morgan fingerprint density at radius 2 is 2.08 bits per heavy atom. The predicted octanol–water partition coefficient (Wildman–Crippen LogP) is 1.29. The van der Waals surface area contributed by atoms with Crippen molar-refractivity contribution in [3.8, 4) is 0 Å². The number of pyridine rings is 1. The molecule has 1 amide bonds. The third-order valence-corrected chi connectivity index (χ3v) is 5.41. The van der Waals surface area contributed by atoms with E-state index in [1.807, 2.05) is 24.2 Å². The van der Waals surface area contributed by atoms with Crippen molar-refractivity contribution in [2.24, 2.45) is 5.92 Å². The molecule has 2 aliphatic heterocycles. The van der Waals surface area contributed by atoms with Crippen molar-refractivity contribution in [3.05, 3.63) is 53.9 Å². The fraction of sp³-hybridized carbons (Fsp3) is 0.474. The minimum Gasteiger partial charge on any atom is -0.337 e. The molecule has 4 heterocycles.